The van der Waals surface area contributed by atoms with E-state index in [0.29, 0.717) is 12.5 Å². The lowest BCUT2D eigenvalue weighted by atomic mass is 10.1. The van der Waals surface area contributed by atoms with Crippen molar-refractivity contribution in [1.82, 2.24) is 4.90 Å². The second kappa shape index (κ2) is 9.10. The molecular weight excluding hydrogens is 344 g/mol. The highest BCUT2D eigenvalue weighted by Gasteiger charge is 2.26. The Balaban J connectivity index is 1.60. The van der Waals surface area contributed by atoms with Gasteiger partial charge < -0.3 is 15.0 Å². The number of hydrogen-bond acceptors (Lipinski definition) is 3. The lowest BCUT2D eigenvalue weighted by Crippen LogP contribution is -2.33. The molecule has 4 nitrogen and oxygen atoms in total. The number of methoxy groups -OCH3 is 1. The first kappa shape index (κ1) is 18.8. The van der Waals surface area contributed by atoms with E-state index < -0.39 is 0 Å². The highest BCUT2D eigenvalue weighted by molar-refractivity contribution is 7.98. The Bertz CT molecular complexity index is 733. The number of carbonyl (C=O) groups is 1. The Kier molecular flexibility index (Phi) is 6.58. The predicted octanol–water partition coefficient (Wildman–Crippen LogP) is 4.79. The van der Waals surface area contributed by atoms with Crippen LogP contribution in [-0.2, 0) is 10.5 Å². The number of carbonyl (C=O) groups excluding carboxylic acids is 1. The van der Waals surface area contributed by atoms with E-state index in [2.05, 4.69) is 42.6 Å². The maximum Gasteiger partial charge on any atom is 0.321 e. The number of nitrogens with zero attached hydrogens (tertiary/aromatic N) is 1. The number of likely N-dealkylation sites (tertiary alicyclic amines) is 1. The molecule has 3 rings (SSSR count). The topological polar surface area (TPSA) is 41.6 Å². The van der Waals surface area contributed by atoms with Crippen molar-refractivity contribution in [1.29, 1.82) is 0 Å². The lowest BCUT2D eigenvalue weighted by molar-refractivity contribution is 0.154. The van der Waals surface area contributed by atoms with E-state index in [0.717, 1.165) is 35.8 Å². The smallest absolute Gasteiger partial charge is 0.321 e. The number of amides is 2. The fourth-order valence-electron chi connectivity index (χ4n) is 3.12. The van der Waals surface area contributed by atoms with Crippen LogP contribution < -0.4 is 5.32 Å². The third kappa shape index (κ3) is 5.02. The molecule has 1 aliphatic heterocycles. The number of aryl methyl sites for hydroxylation is 1. The van der Waals surface area contributed by atoms with Crippen LogP contribution in [0, 0.1) is 12.8 Å². The third-order valence-corrected chi connectivity index (χ3v) is 5.76. The van der Waals surface area contributed by atoms with Crippen LogP contribution in [0.2, 0.25) is 0 Å². The van der Waals surface area contributed by atoms with Gasteiger partial charge in [-0.15, -0.1) is 11.8 Å². The van der Waals surface area contributed by atoms with Gasteiger partial charge in [0.25, 0.3) is 0 Å². The molecule has 1 atom stereocenters. The van der Waals surface area contributed by atoms with Crippen molar-refractivity contribution in [2.75, 3.05) is 32.1 Å². The normalized spacial score (nSPS) is 16.7. The molecule has 0 saturated carbocycles. The average molecular weight is 371 g/mol. The van der Waals surface area contributed by atoms with E-state index in [9.17, 15) is 4.79 Å². The van der Waals surface area contributed by atoms with Gasteiger partial charge in [-0.25, -0.2) is 4.79 Å². The van der Waals surface area contributed by atoms with Gasteiger partial charge in [-0.1, -0.05) is 42.0 Å². The van der Waals surface area contributed by atoms with Crippen molar-refractivity contribution in [3.8, 4) is 0 Å². The van der Waals surface area contributed by atoms with Gasteiger partial charge in [0.1, 0.15) is 0 Å². The zero-order valence-electron chi connectivity index (χ0n) is 15.4. The fraction of sp³-hybridized carbons (Fsp3) is 0.381. The van der Waals surface area contributed by atoms with Crippen LogP contribution in [-0.4, -0.2) is 37.7 Å². The van der Waals surface area contributed by atoms with Crippen LogP contribution in [0.1, 0.15) is 17.5 Å². The molecule has 1 heterocycles. The lowest BCUT2D eigenvalue weighted by Gasteiger charge is -2.18. The second-order valence-corrected chi connectivity index (χ2v) is 7.77. The van der Waals surface area contributed by atoms with E-state index in [1.54, 1.807) is 18.9 Å². The summed E-state index contributed by atoms with van der Waals surface area (Å²) >= 11 is 1.75. The Morgan fingerprint density at radius 1 is 1.23 bits per heavy atom. The summed E-state index contributed by atoms with van der Waals surface area (Å²) in [5.41, 5.74) is 3.43. The van der Waals surface area contributed by atoms with Gasteiger partial charge in [0.05, 0.1) is 12.3 Å². The summed E-state index contributed by atoms with van der Waals surface area (Å²) in [6.07, 6.45) is 1.01. The zero-order valence-corrected chi connectivity index (χ0v) is 16.2. The van der Waals surface area contributed by atoms with E-state index in [1.807, 2.05) is 23.1 Å². The Labute approximate surface area is 159 Å². The highest BCUT2D eigenvalue weighted by Crippen LogP contribution is 2.30. The molecule has 1 fully saturated rings. The maximum absolute atomic E-state index is 12.6. The largest absolute Gasteiger partial charge is 0.384 e. The standard InChI is InChI=1S/C21H26N2O2S/c1-16-7-9-17(10-8-16)15-26-20-6-4-3-5-19(20)22-21(24)23-12-11-18(13-23)14-25-2/h3-10,18H,11-15H2,1-2H3,(H,22,24). The molecule has 138 valence electrons. The molecule has 26 heavy (non-hydrogen) atoms. The van der Waals surface area contributed by atoms with Crippen molar-refractivity contribution in [2.24, 2.45) is 5.92 Å². The van der Waals surface area contributed by atoms with Crippen molar-refractivity contribution in [3.05, 3.63) is 59.7 Å². The van der Waals surface area contributed by atoms with E-state index in [-0.39, 0.29) is 6.03 Å². The van der Waals surface area contributed by atoms with Crippen molar-refractivity contribution in [3.63, 3.8) is 0 Å². The Morgan fingerprint density at radius 2 is 2.00 bits per heavy atom. The number of anilines is 1. The van der Waals surface area contributed by atoms with Gasteiger partial charge in [0, 0.05) is 36.8 Å². The number of benzene rings is 2. The van der Waals surface area contributed by atoms with Crippen molar-refractivity contribution in [2.45, 2.75) is 24.0 Å². The molecular formula is C21H26N2O2S. The summed E-state index contributed by atoms with van der Waals surface area (Å²) in [7, 11) is 1.71. The summed E-state index contributed by atoms with van der Waals surface area (Å²) in [4.78, 5) is 15.6. The van der Waals surface area contributed by atoms with Crippen molar-refractivity contribution < 1.29 is 9.53 Å². The fourth-order valence-corrected chi connectivity index (χ4v) is 4.09. The molecule has 0 aliphatic carbocycles. The quantitative estimate of drug-likeness (QED) is 0.744. The number of rotatable bonds is 6. The summed E-state index contributed by atoms with van der Waals surface area (Å²) in [6.45, 7) is 4.36. The van der Waals surface area contributed by atoms with E-state index >= 15 is 0 Å². The average Bonchev–Trinajstić information content (AvgIpc) is 3.11. The number of urea groups is 1. The SMILES string of the molecule is COCC1CCN(C(=O)Nc2ccccc2SCc2ccc(C)cc2)C1. The number of thioether (sulfide) groups is 1. The summed E-state index contributed by atoms with van der Waals surface area (Å²) in [5, 5.41) is 3.09. The highest BCUT2D eigenvalue weighted by atomic mass is 32.2. The van der Waals surface area contributed by atoms with Crippen LogP contribution in [0.3, 0.4) is 0 Å². The van der Waals surface area contributed by atoms with Gasteiger partial charge in [0.2, 0.25) is 0 Å². The van der Waals surface area contributed by atoms with Gasteiger partial charge in [-0.2, -0.15) is 0 Å². The molecule has 2 aromatic carbocycles. The molecule has 1 N–H and O–H groups in total. The van der Waals surface area contributed by atoms with Crippen LogP contribution >= 0.6 is 11.8 Å². The summed E-state index contributed by atoms with van der Waals surface area (Å²) in [5.74, 6) is 1.32. The predicted molar refractivity (Wildman–Crippen MR) is 108 cm³/mol. The van der Waals surface area contributed by atoms with Gasteiger partial charge >= 0.3 is 6.03 Å². The Morgan fingerprint density at radius 3 is 2.77 bits per heavy atom. The maximum atomic E-state index is 12.6. The van der Waals surface area contributed by atoms with E-state index in [1.165, 1.54) is 11.1 Å². The van der Waals surface area contributed by atoms with Gasteiger partial charge in [-0.3, -0.25) is 0 Å². The molecule has 2 aromatic rings. The second-order valence-electron chi connectivity index (χ2n) is 6.76. The Hall–Kier alpha value is -1.98. The minimum atomic E-state index is -0.0213. The molecule has 0 bridgehead atoms. The molecule has 5 heteroatoms. The van der Waals surface area contributed by atoms with Crippen LogP contribution in [0.15, 0.2) is 53.4 Å². The minimum Gasteiger partial charge on any atom is -0.384 e. The first-order valence-corrected chi connectivity index (χ1v) is 9.96. The first-order chi connectivity index (χ1) is 12.7. The van der Waals surface area contributed by atoms with Crippen molar-refractivity contribution >= 4 is 23.5 Å². The number of nitrogens with one attached hydrogen (secondary N) is 1. The molecule has 0 spiro atoms. The third-order valence-electron chi connectivity index (χ3n) is 4.62. The van der Waals surface area contributed by atoms with Crippen LogP contribution in [0.25, 0.3) is 0 Å². The molecule has 0 radical (unpaired) electrons. The van der Waals surface area contributed by atoms with Gasteiger partial charge in [0.15, 0.2) is 0 Å². The minimum absolute atomic E-state index is 0.0213. The molecule has 1 aliphatic rings. The molecule has 1 unspecified atom stereocenters. The molecule has 0 aromatic heterocycles. The van der Waals surface area contributed by atoms with Crippen LogP contribution in [0.4, 0.5) is 10.5 Å². The number of hydrogen-bond donors (Lipinski definition) is 1. The number of ether oxygens (including phenoxy) is 1. The van der Waals surface area contributed by atoms with E-state index in [4.69, 9.17) is 4.74 Å². The van der Waals surface area contributed by atoms with Crippen LogP contribution in [0.5, 0.6) is 0 Å². The monoisotopic (exact) mass is 370 g/mol. The summed E-state index contributed by atoms with van der Waals surface area (Å²) < 4.78 is 5.21. The summed E-state index contributed by atoms with van der Waals surface area (Å²) in [6, 6.07) is 16.6. The zero-order chi connectivity index (χ0) is 18.4. The first-order valence-electron chi connectivity index (χ1n) is 8.98. The molecule has 2 amide bonds. The van der Waals surface area contributed by atoms with Gasteiger partial charge in [-0.05, 0) is 31.0 Å². The number of para-hydroxylation sites is 1. The molecule has 1 saturated heterocycles.